The van der Waals surface area contributed by atoms with Crippen LogP contribution in [0.1, 0.15) is 15.2 Å². The Labute approximate surface area is 115 Å². The number of aryl methyl sites for hydroxylation is 1. The van der Waals surface area contributed by atoms with Crippen molar-refractivity contribution in [3.05, 3.63) is 20.8 Å². The monoisotopic (exact) mass is 295 g/mol. The third-order valence-corrected chi connectivity index (χ3v) is 4.15. The van der Waals surface area contributed by atoms with E-state index in [9.17, 15) is 4.79 Å². The molecule has 0 spiro atoms. The summed E-state index contributed by atoms with van der Waals surface area (Å²) in [4.78, 5) is 14.4. The second-order valence-electron chi connectivity index (χ2n) is 3.54. The topological polar surface area (TPSA) is 29.5 Å². The Hall–Kier alpha value is -0.290. The van der Waals surface area contributed by atoms with Crippen LogP contribution in [0.25, 0.3) is 0 Å². The number of hydrogen-bond donors (Lipinski definition) is 0. The van der Waals surface area contributed by atoms with Crippen molar-refractivity contribution in [3.8, 4) is 0 Å². The van der Waals surface area contributed by atoms with Gasteiger partial charge in [-0.2, -0.15) is 0 Å². The average molecular weight is 296 g/mol. The molecule has 96 valence electrons. The molecule has 1 rings (SSSR count). The zero-order chi connectivity index (χ0) is 12.8. The van der Waals surface area contributed by atoms with Crippen LogP contribution in [0.4, 0.5) is 0 Å². The van der Waals surface area contributed by atoms with E-state index in [0.717, 1.165) is 5.56 Å². The number of hydrogen-bond acceptors (Lipinski definition) is 3. The minimum absolute atomic E-state index is 0.0780. The van der Waals surface area contributed by atoms with Crippen LogP contribution >= 0.6 is 34.5 Å². The third-order valence-electron chi connectivity index (χ3n) is 2.30. The Morgan fingerprint density at radius 2 is 2.24 bits per heavy atom. The lowest BCUT2D eigenvalue weighted by Crippen LogP contribution is -2.35. The zero-order valence-corrected chi connectivity index (χ0v) is 12.2. The van der Waals surface area contributed by atoms with Crippen molar-refractivity contribution in [3.63, 3.8) is 0 Å². The Balaban J connectivity index is 2.80. The normalized spacial score (nSPS) is 10.6. The molecule has 1 aromatic rings. The van der Waals surface area contributed by atoms with E-state index >= 15 is 0 Å². The summed E-state index contributed by atoms with van der Waals surface area (Å²) in [6.45, 7) is 3.40. The largest absolute Gasteiger partial charge is 0.383 e. The van der Waals surface area contributed by atoms with Crippen molar-refractivity contribution in [1.82, 2.24) is 4.90 Å². The van der Waals surface area contributed by atoms with Crippen LogP contribution in [0.2, 0.25) is 5.02 Å². The summed E-state index contributed by atoms with van der Waals surface area (Å²) in [5.74, 6) is 0.322. The van der Waals surface area contributed by atoms with Gasteiger partial charge in [-0.1, -0.05) is 11.6 Å². The fourth-order valence-corrected chi connectivity index (χ4v) is 2.78. The second-order valence-corrected chi connectivity index (χ2v) is 5.17. The molecule has 0 saturated heterocycles. The maximum absolute atomic E-state index is 12.2. The van der Waals surface area contributed by atoms with E-state index in [1.165, 1.54) is 11.3 Å². The van der Waals surface area contributed by atoms with E-state index in [4.69, 9.17) is 27.9 Å². The van der Waals surface area contributed by atoms with Crippen LogP contribution in [0.5, 0.6) is 0 Å². The number of carbonyl (C=O) groups is 1. The summed E-state index contributed by atoms with van der Waals surface area (Å²) in [5, 5.41) is 2.42. The van der Waals surface area contributed by atoms with Crippen molar-refractivity contribution in [2.75, 3.05) is 32.7 Å². The smallest absolute Gasteiger partial charge is 0.265 e. The Bertz CT molecular complexity index is 382. The van der Waals surface area contributed by atoms with Gasteiger partial charge in [0.1, 0.15) is 4.88 Å². The first-order valence-corrected chi connectivity index (χ1v) is 6.98. The number of alkyl halides is 1. The lowest BCUT2D eigenvalue weighted by molar-refractivity contribution is 0.0712. The summed E-state index contributed by atoms with van der Waals surface area (Å²) in [5.41, 5.74) is 0.928. The lowest BCUT2D eigenvalue weighted by atomic mass is 10.3. The molecule has 0 atom stereocenters. The van der Waals surface area contributed by atoms with Gasteiger partial charge in [0.25, 0.3) is 5.91 Å². The van der Waals surface area contributed by atoms with Gasteiger partial charge in [0.2, 0.25) is 0 Å². The predicted octanol–water partition coefficient (Wildman–Crippen LogP) is 3.04. The van der Waals surface area contributed by atoms with E-state index in [0.29, 0.717) is 35.5 Å². The Morgan fingerprint density at radius 3 is 2.71 bits per heavy atom. The number of carbonyl (C=O) groups excluding carboxylic acids is 1. The molecule has 0 radical (unpaired) electrons. The molecular formula is C11H15Cl2NO2S. The first-order valence-electron chi connectivity index (χ1n) is 5.19. The highest BCUT2D eigenvalue weighted by atomic mass is 35.5. The van der Waals surface area contributed by atoms with E-state index in [2.05, 4.69) is 0 Å². The summed E-state index contributed by atoms with van der Waals surface area (Å²) in [6, 6.07) is 0. The molecule has 0 unspecified atom stereocenters. The SMILES string of the molecule is COCCN(CCCl)C(=O)c1scc(C)c1Cl. The lowest BCUT2D eigenvalue weighted by Gasteiger charge is -2.20. The van der Waals surface area contributed by atoms with Gasteiger partial charge < -0.3 is 9.64 Å². The van der Waals surface area contributed by atoms with Gasteiger partial charge in [-0.15, -0.1) is 22.9 Å². The van der Waals surface area contributed by atoms with Gasteiger partial charge in [-0.3, -0.25) is 4.79 Å². The van der Waals surface area contributed by atoms with E-state index in [-0.39, 0.29) is 5.91 Å². The van der Waals surface area contributed by atoms with Crippen LogP contribution in [0.3, 0.4) is 0 Å². The number of halogens is 2. The molecule has 0 saturated carbocycles. The molecule has 0 aliphatic heterocycles. The summed E-state index contributed by atoms with van der Waals surface area (Å²) < 4.78 is 4.97. The van der Waals surface area contributed by atoms with Crippen molar-refractivity contribution in [1.29, 1.82) is 0 Å². The average Bonchev–Trinajstić information content (AvgIpc) is 2.65. The quantitative estimate of drug-likeness (QED) is 0.755. The molecule has 0 bridgehead atoms. The van der Waals surface area contributed by atoms with Gasteiger partial charge in [-0.05, 0) is 17.9 Å². The van der Waals surface area contributed by atoms with Crippen molar-refractivity contribution in [2.45, 2.75) is 6.92 Å². The number of ether oxygens (including phenoxy) is 1. The number of amides is 1. The Kier molecular flexibility index (Phi) is 6.27. The van der Waals surface area contributed by atoms with Crippen molar-refractivity contribution >= 4 is 40.4 Å². The molecular weight excluding hydrogens is 281 g/mol. The van der Waals surface area contributed by atoms with Gasteiger partial charge in [0.05, 0.1) is 11.6 Å². The first kappa shape index (κ1) is 14.8. The molecule has 3 nitrogen and oxygen atoms in total. The molecule has 1 amide bonds. The van der Waals surface area contributed by atoms with Crippen molar-refractivity contribution < 1.29 is 9.53 Å². The molecule has 0 aliphatic carbocycles. The highest BCUT2D eigenvalue weighted by molar-refractivity contribution is 7.13. The molecule has 1 heterocycles. The molecule has 0 fully saturated rings. The molecule has 0 aromatic carbocycles. The molecule has 1 aromatic heterocycles. The molecule has 0 aliphatic rings. The Morgan fingerprint density at radius 1 is 1.53 bits per heavy atom. The minimum Gasteiger partial charge on any atom is -0.383 e. The van der Waals surface area contributed by atoms with Crippen LogP contribution in [-0.2, 0) is 4.74 Å². The highest BCUT2D eigenvalue weighted by Crippen LogP contribution is 2.28. The van der Waals surface area contributed by atoms with Crippen LogP contribution < -0.4 is 0 Å². The maximum Gasteiger partial charge on any atom is 0.265 e. The van der Waals surface area contributed by atoms with E-state index in [1.54, 1.807) is 12.0 Å². The standard InChI is InChI=1S/C11H15Cl2NO2S/c1-8-7-17-10(9(8)13)11(15)14(4-3-12)5-6-16-2/h7H,3-6H2,1-2H3. The summed E-state index contributed by atoms with van der Waals surface area (Å²) in [7, 11) is 1.60. The number of rotatable bonds is 6. The minimum atomic E-state index is -0.0780. The maximum atomic E-state index is 12.2. The second kappa shape index (κ2) is 7.21. The van der Waals surface area contributed by atoms with Crippen LogP contribution in [0.15, 0.2) is 5.38 Å². The fourth-order valence-electron chi connectivity index (χ4n) is 1.34. The third kappa shape index (κ3) is 3.85. The summed E-state index contributed by atoms with van der Waals surface area (Å²) in [6.07, 6.45) is 0. The van der Waals surface area contributed by atoms with Gasteiger partial charge in [-0.25, -0.2) is 0 Å². The van der Waals surface area contributed by atoms with Crippen LogP contribution in [0, 0.1) is 6.92 Å². The van der Waals surface area contributed by atoms with Gasteiger partial charge in [0, 0.05) is 26.1 Å². The van der Waals surface area contributed by atoms with Gasteiger partial charge >= 0.3 is 0 Å². The zero-order valence-electron chi connectivity index (χ0n) is 9.83. The van der Waals surface area contributed by atoms with Crippen LogP contribution in [-0.4, -0.2) is 43.5 Å². The number of nitrogens with zero attached hydrogens (tertiary/aromatic N) is 1. The molecule has 0 N–H and O–H groups in total. The number of methoxy groups -OCH3 is 1. The molecule has 6 heteroatoms. The highest BCUT2D eigenvalue weighted by Gasteiger charge is 2.20. The summed E-state index contributed by atoms with van der Waals surface area (Å²) >= 11 is 13.1. The van der Waals surface area contributed by atoms with Crippen molar-refractivity contribution in [2.24, 2.45) is 0 Å². The van der Waals surface area contributed by atoms with E-state index in [1.807, 2.05) is 12.3 Å². The fraction of sp³-hybridized carbons (Fsp3) is 0.545. The first-order chi connectivity index (χ1) is 8.11. The van der Waals surface area contributed by atoms with E-state index < -0.39 is 0 Å². The predicted molar refractivity (Wildman–Crippen MR) is 72.6 cm³/mol. The van der Waals surface area contributed by atoms with Gasteiger partial charge in [0.15, 0.2) is 0 Å². The number of thiophene rings is 1. The molecule has 17 heavy (non-hydrogen) atoms.